The standard InChI is InChI=1S/C34H30N2/c1-6-28(29(7-2)31-16-12-14-26-13-8-9-15-30(26)31)24(5)25-19-21-27(22-20-25)36-33-18-11-10-17-32(33)35-34(36)23(3)4/h6-23H,1-2,5H2,3-4H3. The van der Waals surface area contributed by atoms with Crippen molar-refractivity contribution in [2.45, 2.75) is 19.8 Å². The predicted octanol–water partition coefficient (Wildman–Crippen LogP) is 9.14. The minimum absolute atomic E-state index is 0.304. The predicted molar refractivity (Wildman–Crippen MR) is 155 cm³/mol. The molecule has 0 aliphatic heterocycles. The Kier molecular flexibility index (Phi) is 6.26. The van der Waals surface area contributed by atoms with Crippen LogP contribution in [0.2, 0.25) is 0 Å². The molecule has 0 N–H and O–H groups in total. The molecule has 0 spiro atoms. The van der Waals surface area contributed by atoms with Crippen molar-refractivity contribution >= 4 is 33.0 Å². The molecule has 176 valence electrons. The van der Waals surface area contributed by atoms with Crippen molar-refractivity contribution in [2.24, 2.45) is 0 Å². The quantitative estimate of drug-likeness (QED) is 0.219. The van der Waals surface area contributed by atoms with Crippen LogP contribution in [-0.4, -0.2) is 9.55 Å². The van der Waals surface area contributed by atoms with Crippen molar-refractivity contribution in [2.75, 3.05) is 0 Å². The number of nitrogens with zero attached hydrogens (tertiary/aromatic N) is 2. The summed E-state index contributed by atoms with van der Waals surface area (Å²) in [6.45, 7) is 17.1. The van der Waals surface area contributed by atoms with E-state index < -0.39 is 0 Å². The highest BCUT2D eigenvalue weighted by atomic mass is 15.1. The van der Waals surface area contributed by atoms with E-state index in [1.807, 2.05) is 18.2 Å². The van der Waals surface area contributed by atoms with Crippen LogP contribution in [0.3, 0.4) is 0 Å². The van der Waals surface area contributed by atoms with Gasteiger partial charge in [-0.3, -0.25) is 4.57 Å². The summed E-state index contributed by atoms with van der Waals surface area (Å²) in [5.74, 6) is 1.36. The number of allylic oxidation sites excluding steroid dienone is 5. The van der Waals surface area contributed by atoms with Gasteiger partial charge in [-0.15, -0.1) is 0 Å². The second-order valence-corrected chi connectivity index (χ2v) is 9.24. The molecule has 5 aromatic rings. The molecule has 0 unspecified atom stereocenters. The molecule has 36 heavy (non-hydrogen) atoms. The van der Waals surface area contributed by atoms with Crippen molar-refractivity contribution in [1.29, 1.82) is 0 Å². The highest BCUT2D eigenvalue weighted by Gasteiger charge is 2.16. The monoisotopic (exact) mass is 466 g/mol. The van der Waals surface area contributed by atoms with Crippen LogP contribution in [0.1, 0.15) is 36.7 Å². The van der Waals surface area contributed by atoms with E-state index in [-0.39, 0.29) is 0 Å². The zero-order valence-corrected chi connectivity index (χ0v) is 20.9. The summed E-state index contributed by atoms with van der Waals surface area (Å²) in [6, 6.07) is 31.6. The number of hydrogen-bond donors (Lipinski definition) is 0. The Morgan fingerprint density at radius 3 is 2.22 bits per heavy atom. The first kappa shape index (κ1) is 23.3. The van der Waals surface area contributed by atoms with Gasteiger partial charge in [-0.1, -0.05) is 112 Å². The topological polar surface area (TPSA) is 17.8 Å². The highest BCUT2D eigenvalue weighted by Crippen LogP contribution is 2.35. The molecule has 0 atom stereocenters. The van der Waals surface area contributed by atoms with Crippen LogP contribution in [0.25, 0.3) is 38.6 Å². The zero-order valence-electron chi connectivity index (χ0n) is 20.9. The molecule has 1 aromatic heterocycles. The molecule has 0 fully saturated rings. The third-order valence-corrected chi connectivity index (χ3v) is 6.68. The van der Waals surface area contributed by atoms with E-state index >= 15 is 0 Å². The van der Waals surface area contributed by atoms with Crippen molar-refractivity contribution in [3.63, 3.8) is 0 Å². The first-order valence-corrected chi connectivity index (χ1v) is 12.3. The van der Waals surface area contributed by atoms with Crippen LogP contribution in [0.5, 0.6) is 0 Å². The molecule has 1 heterocycles. The maximum Gasteiger partial charge on any atom is 0.117 e. The van der Waals surface area contributed by atoms with Crippen LogP contribution in [0.15, 0.2) is 128 Å². The summed E-state index contributed by atoms with van der Waals surface area (Å²) in [5.41, 5.74) is 8.31. The van der Waals surface area contributed by atoms with Crippen molar-refractivity contribution in [1.82, 2.24) is 9.55 Å². The van der Waals surface area contributed by atoms with E-state index in [1.54, 1.807) is 0 Å². The third kappa shape index (κ3) is 4.01. The lowest BCUT2D eigenvalue weighted by Gasteiger charge is -2.16. The van der Waals surface area contributed by atoms with E-state index in [0.29, 0.717) is 5.92 Å². The molecule has 2 nitrogen and oxygen atoms in total. The average molecular weight is 467 g/mol. The Labute approximate surface area is 213 Å². The third-order valence-electron chi connectivity index (χ3n) is 6.68. The molecule has 0 amide bonds. The van der Waals surface area contributed by atoms with Gasteiger partial charge in [0.25, 0.3) is 0 Å². The van der Waals surface area contributed by atoms with E-state index in [9.17, 15) is 0 Å². The molecular formula is C34H30N2. The van der Waals surface area contributed by atoms with Gasteiger partial charge in [-0.05, 0) is 62.9 Å². The Morgan fingerprint density at radius 2 is 1.50 bits per heavy atom. The van der Waals surface area contributed by atoms with Gasteiger partial charge in [0.2, 0.25) is 0 Å². The Bertz CT molecular complexity index is 1640. The first-order valence-electron chi connectivity index (χ1n) is 12.3. The van der Waals surface area contributed by atoms with E-state index in [4.69, 9.17) is 4.98 Å². The van der Waals surface area contributed by atoms with Crippen LogP contribution in [0, 0.1) is 0 Å². The Morgan fingerprint density at radius 1 is 0.806 bits per heavy atom. The maximum atomic E-state index is 4.89. The largest absolute Gasteiger partial charge is 0.296 e. The Balaban J connectivity index is 1.58. The van der Waals surface area contributed by atoms with Crippen LogP contribution < -0.4 is 0 Å². The van der Waals surface area contributed by atoms with Gasteiger partial charge in [-0.25, -0.2) is 4.98 Å². The molecule has 5 rings (SSSR count). The molecule has 0 aliphatic carbocycles. The summed E-state index contributed by atoms with van der Waals surface area (Å²) in [4.78, 5) is 4.89. The van der Waals surface area contributed by atoms with E-state index in [0.717, 1.165) is 50.4 Å². The molecule has 0 radical (unpaired) electrons. The van der Waals surface area contributed by atoms with Crippen molar-refractivity contribution < 1.29 is 0 Å². The number of para-hydroxylation sites is 2. The van der Waals surface area contributed by atoms with Crippen molar-refractivity contribution in [3.8, 4) is 5.69 Å². The fraction of sp³-hybridized carbons (Fsp3) is 0.0882. The second kappa shape index (κ2) is 9.67. The van der Waals surface area contributed by atoms with Gasteiger partial charge < -0.3 is 0 Å². The van der Waals surface area contributed by atoms with Gasteiger partial charge >= 0.3 is 0 Å². The smallest absolute Gasteiger partial charge is 0.117 e. The number of imidazole rings is 1. The molecule has 0 aliphatic rings. The maximum absolute atomic E-state index is 4.89. The molecule has 0 bridgehead atoms. The lowest BCUT2D eigenvalue weighted by atomic mass is 9.89. The summed E-state index contributed by atoms with van der Waals surface area (Å²) in [6.07, 6.45) is 3.79. The number of fused-ring (bicyclic) bond motifs is 2. The number of benzene rings is 4. The SMILES string of the molecule is C=CC(C(=C)c1ccc(-n2c(C(C)C)nc3ccccc32)cc1)=C(C=C)c1cccc2ccccc12. The number of aromatic nitrogens is 2. The lowest BCUT2D eigenvalue weighted by Crippen LogP contribution is -2.03. The van der Waals surface area contributed by atoms with Crippen LogP contribution >= 0.6 is 0 Å². The van der Waals surface area contributed by atoms with Gasteiger partial charge in [-0.2, -0.15) is 0 Å². The van der Waals surface area contributed by atoms with Crippen LogP contribution in [-0.2, 0) is 0 Å². The molecule has 2 heteroatoms. The Hall–Kier alpha value is -4.43. The minimum atomic E-state index is 0.304. The number of hydrogen-bond acceptors (Lipinski definition) is 1. The van der Waals surface area contributed by atoms with E-state index in [1.165, 1.54) is 10.8 Å². The number of rotatable bonds is 7. The molecule has 4 aromatic carbocycles. The normalized spacial score (nSPS) is 12.1. The summed E-state index contributed by atoms with van der Waals surface area (Å²) < 4.78 is 2.25. The fourth-order valence-corrected chi connectivity index (χ4v) is 4.89. The minimum Gasteiger partial charge on any atom is -0.296 e. The van der Waals surface area contributed by atoms with E-state index in [2.05, 4.69) is 123 Å². The second-order valence-electron chi connectivity index (χ2n) is 9.24. The lowest BCUT2D eigenvalue weighted by molar-refractivity contribution is 0.760. The van der Waals surface area contributed by atoms with Gasteiger partial charge in [0.1, 0.15) is 5.82 Å². The van der Waals surface area contributed by atoms with Gasteiger partial charge in [0.05, 0.1) is 11.0 Å². The molecule has 0 saturated carbocycles. The summed E-state index contributed by atoms with van der Waals surface area (Å²) >= 11 is 0. The zero-order chi connectivity index (χ0) is 25.2. The summed E-state index contributed by atoms with van der Waals surface area (Å²) in [7, 11) is 0. The first-order chi connectivity index (χ1) is 17.5. The fourth-order valence-electron chi connectivity index (χ4n) is 4.89. The van der Waals surface area contributed by atoms with Gasteiger partial charge in [0.15, 0.2) is 0 Å². The van der Waals surface area contributed by atoms with Gasteiger partial charge in [0, 0.05) is 11.6 Å². The van der Waals surface area contributed by atoms with Crippen LogP contribution in [0.4, 0.5) is 0 Å². The molecular weight excluding hydrogens is 436 g/mol. The molecule has 0 saturated heterocycles. The summed E-state index contributed by atoms with van der Waals surface area (Å²) in [5, 5.41) is 2.38. The average Bonchev–Trinajstić information content (AvgIpc) is 3.31. The highest BCUT2D eigenvalue weighted by molar-refractivity contribution is 6.02. The van der Waals surface area contributed by atoms with Crippen molar-refractivity contribution in [3.05, 3.63) is 145 Å².